The summed E-state index contributed by atoms with van der Waals surface area (Å²) in [5, 5.41) is 22.7. The number of fused-ring (bicyclic) bond motifs is 1. The van der Waals surface area contributed by atoms with E-state index in [-0.39, 0.29) is 12.2 Å². The number of rotatable bonds is 10. The van der Waals surface area contributed by atoms with Gasteiger partial charge in [0.05, 0.1) is 19.2 Å². The summed E-state index contributed by atoms with van der Waals surface area (Å²) >= 11 is 0. The van der Waals surface area contributed by atoms with Crippen molar-refractivity contribution >= 4 is 10.9 Å². The molecule has 2 aromatic heterocycles. The summed E-state index contributed by atoms with van der Waals surface area (Å²) in [5.74, 6) is 1.58. The number of aliphatic hydroxyl groups is 1. The molecule has 9 nitrogen and oxygen atoms in total. The maximum absolute atomic E-state index is 12.7. The van der Waals surface area contributed by atoms with Crippen LogP contribution in [0.4, 0.5) is 0 Å². The van der Waals surface area contributed by atoms with Gasteiger partial charge in [-0.15, -0.1) is 5.10 Å². The van der Waals surface area contributed by atoms with E-state index in [0.717, 1.165) is 35.3 Å². The molecule has 1 saturated carbocycles. The Morgan fingerprint density at radius 2 is 2.10 bits per heavy atom. The maximum Gasteiger partial charge on any atom is 0.252 e. The lowest BCUT2D eigenvalue weighted by atomic mass is 10.1. The van der Waals surface area contributed by atoms with Gasteiger partial charge in [-0.1, -0.05) is 12.8 Å². The summed E-state index contributed by atoms with van der Waals surface area (Å²) in [5.41, 5.74) is 1.34. The largest absolute Gasteiger partial charge is 0.494 e. The molecule has 0 aliphatic heterocycles. The van der Waals surface area contributed by atoms with Gasteiger partial charge in [-0.3, -0.25) is 9.69 Å². The highest BCUT2D eigenvalue weighted by Gasteiger charge is 2.23. The monoisotopic (exact) mass is 426 g/mol. The van der Waals surface area contributed by atoms with Crippen LogP contribution >= 0.6 is 0 Å². The first-order valence-corrected chi connectivity index (χ1v) is 11.1. The van der Waals surface area contributed by atoms with Gasteiger partial charge in [0.1, 0.15) is 5.75 Å². The maximum atomic E-state index is 12.7. The Bertz CT molecular complexity index is 1060. The third kappa shape index (κ3) is 5.11. The highest BCUT2D eigenvalue weighted by molar-refractivity contribution is 5.80. The Balaban J connectivity index is 1.57. The van der Waals surface area contributed by atoms with Crippen LogP contribution < -0.4 is 10.3 Å². The first-order valence-electron chi connectivity index (χ1n) is 11.1. The average Bonchev–Trinajstić information content (AvgIpc) is 3.44. The van der Waals surface area contributed by atoms with Crippen LogP contribution in [0.1, 0.15) is 56.5 Å². The average molecular weight is 427 g/mol. The van der Waals surface area contributed by atoms with Gasteiger partial charge in [0.15, 0.2) is 5.82 Å². The van der Waals surface area contributed by atoms with E-state index in [4.69, 9.17) is 4.74 Å². The van der Waals surface area contributed by atoms with Crippen LogP contribution in [0.25, 0.3) is 10.9 Å². The molecule has 0 atom stereocenters. The Hall–Kier alpha value is -2.78. The minimum absolute atomic E-state index is 0.0931. The highest BCUT2D eigenvalue weighted by Crippen LogP contribution is 2.29. The quantitative estimate of drug-likeness (QED) is 0.512. The lowest BCUT2D eigenvalue weighted by molar-refractivity contribution is 0.204. The normalized spacial score (nSPS) is 14.7. The fraction of sp³-hybridized carbons (Fsp3) is 0.545. The molecular weight excluding hydrogens is 396 g/mol. The van der Waals surface area contributed by atoms with Crippen molar-refractivity contribution in [3.05, 3.63) is 46.0 Å². The van der Waals surface area contributed by atoms with Crippen molar-refractivity contribution in [3.8, 4) is 5.75 Å². The van der Waals surface area contributed by atoms with E-state index in [2.05, 4.69) is 25.4 Å². The number of benzene rings is 1. The van der Waals surface area contributed by atoms with E-state index in [1.165, 1.54) is 12.8 Å². The van der Waals surface area contributed by atoms with Crippen LogP contribution in [-0.4, -0.2) is 55.0 Å². The molecule has 1 aliphatic rings. The number of aromatic nitrogens is 5. The van der Waals surface area contributed by atoms with Crippen molar-refractivity contribution < 1.29 is 9.84 Å². The van der Waals surface area contributed by atoms with Crippen LogP contribution in [-0.2, 0) is 13.1 Å². The van der Waals surface area contributed by atoms with Crippen LogP contribution in [0.3, 0.4) is 0 Å². The Morgan fingerprint density at radius 1 is 1.26 bits per heavy atom. The van der Waals surface area contributed by atoms with E-state index in [0.29, 0.717) is 44.3 Å². The number of hydrogen-bond donors (Lipinski definition) is 2. The topological polar surface area (TPSA) is 109 Å². The summed E-state index contributed by atoms with van der Waals surface area (Å²) in [6.07, 6.45) is 5.22. The Labute approximate surface area is 181 Å². The van der Waals surface area contributed by atoms with Crippen molar-refractivity contribution in [3.63, 3.8) is 0 Å². The first-order chi connectivity index (χ1) is 15.2. The summed E-state index contributed by atoms with van der Waals surface area (Å²) in [7, 11) is 0. The number of H-pyrrole nitrogens is 1. The van der Waals surface area contributed by atoms with Gasteiger partial charge in [-0.25, -0.2) is 4.68 Å². The number of ether oxygens (including phenoxy) is 1. The van der Waals surface area contributed by atoms with E-state index in [1.54, 1.807) is 0 Å². The van der Waals surface area contributed by atoms with Crippen molar-refractivity contribution in [2.45, 2.75) is 58.2 Å². The number of aliphatic hydroxyl groups excluding tert-OH is 1. The SMILES string of the molecule is CCOc1ccc2[nH]c(=O)c(CN(CCCO)Cc3nnnn3C3CCCC3)cc2c1. The lowest BCUT2D eigenvalue weighted by Crippen LogP contribution is -2.30. The molecule has 0 spiro atoms. The Morgan fingerprint density at radius 3 is 2.87 bits per heavy atom. The third-order valence-corrected chi connectivity index (χ3v) is 5.83. The molecule has 3 aromatic rings. The molecule has 4 rings (SSSR count). The van der Waals surface area contributed by atoms with E-state index >= 15 is 0 Å². The minimum Gasteiger partial charge on any atom is -0.494 e. The highest BCUT2D eigenvalue weighted by atomic mass is 16.5. The van der Waals surface area contributed by atoms with Crippen LogP contribution in [0, 0.1) is 0 Å². The molecule has 2 N–H and O–H groups in total. The molecular formula is C22H30N6O3. The van der Waals surface area contributed by atoms with Gasteiger partial charge in [0.2, 0.25) is 0 Å². The number of pyridine rings is 1. The number of aromatic amines is 1. The second-order valence-corrected chi connectivity index (χ2v) is 8.07. The zero-order chi connectivity index (χ0) is 21.6. The minimum atomic E-state index is -0.110. The molecule has 1 fully saturated rings. The van der Waals surface area contributed by atoms with E-state index < -0.39 is 0 Å². The molecule has 1 aromatic carbocycles. The number of hydrogen-bond acceptors (Lipinski definition) is 7. The van der Waals surface area contributed by atoms with Crippen molar-refractivity contribution in [1.82, 2.24) is 30.1 Å². The molecule has 2 heterocycles. The van der Waals surface area contributed by atoms with Gasteiger partial charge < -0.3 is 14.8 Å². The number of nitrogens with zero attached hydrogens (tertiary/aromatic N) is 5. The molecule has 31 heavy (non-hydrogen) atoms. The molecule has 0 bridgehead atoms. The first kappa shape index (κ1) is 21.5. The molecule has 9 heteroatoms. The fourth-order valence-corrected chi connectivity index (χ4v) is 4.30. The molecule has 0 saturated heterocycles. The second-order valence-electron chi connectivity index (χ2n) is 8.07. The van der Waals surface area contributed by atoms with E-state index in [1.807, 2.05) is 35.9 Å². The third-order valence-electron chi connectivity index (χ3n) is 5.83. The summed E-state index contributed by atoms with van der Waals surface area (Å²) in [4.78, 5) is 17.8. The Kier molecular flexibility index (Phi) is 6.93. The summed E-state index contributed by atoms with van der Waals surface area (Å²) in [6.45, 7) is 4.25. The molecule has 1 aliphatic carbocycles. The van der Waals surface area contributed by atoms with Gasteiger partial charge in [0.25, 0.3) is 5.56 Å². The lowest BCUT2D eigenvalue weighted by Gasteiger charge is -2.22. The standard InChI is InChI=1S/C22H30N6O3/c1-2-31-19-8-9-20-16(13-19)12-17(22(30)23-20)14-27(10-5-11-29)15-21-24-25-26-28(21)18-6-3-4-7-18/h8-9,12-13,18,29H,2-7,10-11,14-15H2,1H3,(H,23,30). The molecule has 0 unspecified atom stereocenters. The van der Waals surface area contributed by atoms with Crippen molar-refractivity contribution in [1.29, 1.82) is 0 Å². The van der Waals surface area contributed by atoms with Crippen molar-refractivity contribution in [2.24, 2.45) is 0 Å². The zero-order valence-electron chi connectivity index (χ0n) is 18.0. The van der Waals surface area contributed by atoms with Gasteiger partial charge >= 0.3 is 0 Å². The van der Waals surface area contributed by atoms with E-state index in [9.17, 15) is 9.90 Å². The van der Waals surface area contributed by atoms with Gasteiger partial charge in [-0.05, 0) is 60.9 Å². The van der Waals surface area contributed by atoms with Crippen molar-refractivity contribution in [2.75, 3.05) is 19.8 Å². The molecule has 0 radical (unpaired) electrons. The number of nitrogens with one attached hydrogen (secondary N) is 1. The second kappa shape index (κ2) is 10.0. The summed E-state index contributed by atoms with van der Waals surface area (Å²) in [6, 6.07) is 7.94. The predicted molar refractivity (Wildman–Crippen MR) is 117 cm³/mol. The fourth-order valence-electron chi connectivity index (χ4n) is 4.30. The smallest absolute Gasteiger partial charge is 0.252 e. The summed E-state index contributed by atoms with van der Waals surface area (Å²) < 4.78 is 7.54. The molecule has 166 valence electrons. The zero-order valence-corrected chi connectivity index (χ0v) is 18.0. The van der Waals surface area contributed by atoms with Crippen LogP contribution in [0.5, 0.6) is 5.75 Å². The van der Waals surface area contributed by atoms with Gasteiger partial charge in [0, 0.05) is 36.2 Å². The van der Waals surface area contributed by atoms with Gasteiger partial charge in [-0.2, -0.15) is 0 Å². The van der Waals surface area contributed by atoms with Crippen LogP contribution in [0.15, 0.2) is 29.1 Å². The predicted octanol–water partition coefficient (Wildman–Crippen LogP) is 2.41. The van der Waals surface area contributed by atoms with Crippen LogP contribution in [0.2, 0.25) is 0 Å². The molecule has 0 amide bonds. The number of tetrazole rings is 1.